The summed E-state index contributed by atoms with van der Waals surface area (Å²) in [7, 11) is 0. The molecule has 0 saturated heterocycles. The van der Waals surface area contributed by atoms with Gasteiger partial charge in [0.15, 0.2) is 0 Å². The molecule has 0 aliphatic heterocycles. The molecule has 76 valence electrons. The summed E-state index contributed by atoms with van der Waals surface area (Å²) in [5.41, 5.74) is 6.34. The van der Waals surface area contributed by atoms with E-state index in [-0.39, 0.29) is 5.91 Å². The molecule has 3 N–H and O–H groups in total. The third-order valence-corrected chi connectivity index (χ3v) is 2.42. The molecule has 3 nitrogen and oxygen atoms in total. The summed E-state index contributed by atoms with van der Waals surface area (Å²) in [6, 6.07) is 6.95. The molecular weight excluding hydrogens is 244 g/mol. The lowest BCUT2D eigenvalue weighted by Gasteiger charge is -2.09. The first-order valence-electron chi connectivity index (χ1n) is 4.45. The quantitative estimate of drug-likeness (QED) is 0.871. The molecule has 1 aromatic rings. The number of halogens is 1. The van der Waals surface area contributed by atoms with E-state index in [2.05, 4.69) is 21.2 Å². The Labute approximate surface area is 91.8 Å². The molecule has 14 heavy (non-hydrogen) atoms. The van der Waals surface area contributed by atoms with Crippen LogP contribution in [0.25, 0.3) is 0 Å². The van der Waals surface area contributed by atoms with Gasteiger partial charge in [0.1, 0.15) is 0 Å². The van der Waals surface area contributed by atoms with Gasteiger partial charge >= 0.3 is 0 Å². The molecule has 1 aromatic carbocycles. The van der Waals surface area contributed by atoms with Gasteiger partial charge in [-0.3, -0.25) is 4.79 Å². The van der Waals surface area contributed by atoms with Crippen LogP contribution in [0.1, 0.15) is 13.3 Å². The fourth-order valence-corrected chi connectivity index (χ4v) is 1.22. The number of benzene rings is 1. The zero-order valence-electron chi connectivity index (χ0n) is 7.96. The molecule has 0 saturated carbocycles. The zero-order valence-corrected chi connectivity index (χ0v) is 9.54. The molecule has 1 amide bonds. The van der Waals surface area contributed by atoms with Gasteiger partial charge in [-0.25, -0.2) is 0 Å². The van der Waals surface area contributed by atoms with Gasteiger partial charge in [0.2, 0.25) is 5.91 Å². The molecule has 0 aliphatic rings. The van der Waals surface area contributed by atoms with Crippen LogP contribution in [0.15, 0.2) is 28.7 Å². The van der Waals surface area contributed by atoms with E-state index in [0.717, 1.165) is 10.2 Å². The molecular formula is C10H13BrN2O. The van der Waals surface area contributed by atoms with Crippen molar-refractivity contribution in [3.05, 3.63) is 28.7 Å². The summed E-state index contributed by atoms with van der Waals surface area (Å²) in [6.45, 7) is 1.88. The minimum atomic E-state index is -0.432. The summed E-state index contributed by atoms with van der Waals surface area (Å²) in [4.78, 5) is 11.4. The summed E-state index contributed by atoms with van der Waals surface area (Å²) in [5.74, 6) is -0.144. The van der Waals surface area contributed by atoms with Crippen molar-refractivity contribution in [1.29, 1.82) is 0 Å². The van der Waals surface area contributed by atoms with E-state index in [1.54, 1.807) is 0 Å². The predicted molar refractivity (Wildman–Crippen MR) is 61.0 cm³/mol. The van der Waals surface area contributed by atoms with E-state index in [9.17, 15) is 4.79 Å². The molecule has 0 unspecified atom stereocenters. The third kappa shape index (κ3) is 3.12. The molecule has 0 bridgehead atoms. The Balaban J connectivity index is 2.60. The maximum atomic E-state index is 11.4. The topological polar surface area (TPSA) is 55.1 Å². The van der Waals surface area contributed by atoms with Gasteiger partial charge in [0, 0.05) is 10.2 Å². The number of rotatable bonds is 3. The number of carbonyl (C=O) groups is 1. The minimum Gasteiger partial charge on any atom is -0.325 e. The first-order chi connectivity index (χ1) is 6.63. The Bertz CT molecular complexity index is 310. The number of hydrogen-bond donors (Lipinski definition) is 2. The van der Waals surface area contributed by atoms with E-state index in [1.807, 2.05) is 31.2 Å². The van der Waals surface area contributed by atoms with Crippen LogP contribution in [0.5, 0.6) is 0 Å². The average molecular weight is 257 g/mol. The van der Waals surface area contributed by atoms with Crippen LogP contribution in [0.2, 0.25) is 0 Å². The van der Waals surface area contributed by atoms with Crippen molar-refractivity contribution in [3.8, 4) is 0 Å². The highest BCUT2D eigenvalue weighted by Crippen LogP contribution is 2.14. The average Bonchev–Trinajstić information content (AvgIpc) is 2.20. The maximum absolute atomic E-state index is 11.4. The van der Waals surface area contributed by atoms with Gasteiger partial charge in [-0.2, -0.15) is 0 Å². The zero-order chi connectivity index (χ0) is 10.6. The highest BCUT2D eigenvalue weighted by atomic mass is 79.9. The Morgan fingerprint density at radius 2 is 2.07 bits per heavy atom. The number of nitrogens with one attached hydrogen (secondary N) is 1. The lowest BCUT2D eigenvalue weighted by atomic mass is 10.2. The number of nitrogens with two attached hydrogens (primary N) is 1. The highest BCUT2D eigenvalue weighted by Gasteiger charge is 2.10. The van der Waals surface area contributed by atoms with Gasteiger partial charge in [0.05, 0.1) is 6.04 Å². The van der Waals surface area contributed by atoms with Crippen LogP contribution >= 0.6 is 15.9 Å². The number of hydrogen-bond acceptors (Lipinski definition) is 2. The molecule has 0 heterocycles. The molecule has 0 radical (unpaired) electrons. The van der Waals surface area contributed by atoms with Crippen LogP contribution in [-0.2, 0) is 4.79 Å². The SMILES string of the molecule is CC[C@H](N)C(=O)Nc1ccc(Br)cc1. The van der Waals surface area contributed by atoms with E-state index in [1.165, 1.54) is 0 Å². The highest BCUT2D eigenvalue weighted by molar-refractivity contribution is 9.10. The van der Waals surface area contributed by atoms with Gasteiger partial charge in [-0.15, -0.1) is 0 Å². The normalized spacial score (nSPS) is 12.2. The summed E-state index contributed by atoms with van der Waals surface area (Å²) in [6.07, 6.45) is 0.641. The molecule has 1 rings (SSSR count). The second-order valence-corrected chi connectivity index (χ2v) is 3.93. The smallest absolute Gasteiger partial charge is 0.241 e. The van der Waals surface area contributed by atoms with E-state index >= 15 is 0 Å². The number of amides is 1. The van der Waals surface area contributed by atoms with Crippen LogP contribution in [-0.4, -0.2) is 11.9 Å². The largest absolute Gasteiger partial charge is 0.325 e. The standard InChI is InChI=1S/C10H13BrN2O/c1-2-9(12)10(14)13-8-5-3-7(11)4-6-8/h3-6,9H,2,12H2,1H3,(H,13,14)/t9-/m0/s1. The molecule has 0 fully saturated rings. The maximum Gasteiger partial charge on any atom is 0.241 e. The van der Waals surface area contributed by atoms with Gasteiger partial charge in [-0.05, 0) is 30.7 Å². The lowest BCUT2D eigenvalue weighted by molar-refractivity contribution is -0.117. The monoisotopic (exact) mass is 256 g/mol. The van der Waals surface area contributed by atoms with E-state index in [0.29, 0.717) is 6.42 Å². The first kappa shape index (κ1) is 11.2. The molecule has 4 heteroatoms. The summed E-state index contributed by atoms with van der Waals surface area (Å²) in [5, 5.41) is 2.74. The number of anilines is 1. The fourth-order valence-electron chi connectivity index (χ4n) is 0.954. The van der Waals surface area contributed by atoms with Crippen molar-refractivity contribution in [2.24, 2.45) is 5.73 Å². The van der Waals surface area contributed by atoms with E-state index < -0.39 is 6.04 Å². The lowest BCUT2D eigenvalue weighted by Crippen LogP contribution is -2.34. The van der Waals surface area contributed by atoms with Crippen LogP contribution in [0, 0.1) is 0 Å². The second-order valence-electron chi connectivity index (χ2n) is 3.01. The second kappa shape index (κ2) is 5.12. The van der Waals surface area contributed by atoms with Crippen molar-refractivity contribution in [2.45, 2.75) is 19.4 Å². The molecule has 0 spiro atoms. The van der Waals surface area contributed by atoms with Crippen molar-refractivity contribution in [1.82, 2.24) is 0 Å². The van der Waals surface area contributed by atoms with Crippen molar-refractivity contribution >= 4 is 27.5 Å². The van der Waals surface area contributed by atoms with Crippen molar-refractivity contribution < 1.29 is 4.79 Å². The van der Waals surface area contributed by atoms with Gasteiger partial charge < -0.3 is 11.1 Å². The number of carbonyl (C=O) groups excluding carboxylic acids is 1. The Hall–Kier alpha value is -0.870. The van der Waals surface area contributed by atoms with Crippen LogP contribution < -0.4 is 11.1 Å². The third-order valence-electron chi connectivity index (χ3n) is 1.89. The molecule has 1 atom stereocenters. The molecule has 0 aliphatic carbocycles. The minimum absolute atomic E-state index is 0.144. The fraction of sp³-hybridized carbons (Fsp3) is 0.300. The summed E-state index contributed by atoms with van der Waals surface area (Å²) >= 11 is 3.32. The van der Waals surface area contributed by atoms with E-state index in [4.69, 9.17) is 5.73 Å². The van der Waals surface area contributed by atoms with Crippen molar-refractivity contribution in [2.75, 3.05) is 5.32 Å². The van der Waals surface area contributed by atoms with Gasteiger partial charge in [0.25, 0.3) is 0 Å². The summed E-state index contributed by atoms with van der Waals surface area (Å²) < 4.78 is 0.982. The van der Waals surface area contributed by atoms with Gasteiger partial charge in [-0.1, -0.05) is 22.9 Å². The predicted octanol–water partition coefficient (Wildman–Crippen LogP) is 2.12. The van der Waals surface area contributed by atoms with Crippen molar-refractivity contribution in [3.63, 3.8) is 0 Å². The Morgan fingerprint density at radius 1 is 1.50 bits per heavy atom. The van der Waals surface area contributed by atoms with Crippen LogP contribution in [0.4, 0.5) is 5.69 Å². The Morgan fingerprint density at radius 3 is 2.57 bits per heavy atom. The Kier molecular flexibility index (Phi) is 4.10. The van der Waals surface area contributed by atoms with Crippen LogP contribution in [0.3, 0.4) is 0 Å². The molecule has 0 aromatic heterocycles. The first-order valence-corrected chi connectivity index (χ1v) is 5.24.